The average molecular weight is 469 g/mol. The Hall–Kier alpha value is -2.34. The molecule has 176 valence electrons. The lowest BCUT2D eigenvalue weighted by atomic mass is 10.1. The van der Waals surface area contributed by atoms with Crippen LogP contribution in [0.25, 0.3) is 0 Å². The minimum absolute atomic E-state index is 0. The van der Waals surface area contributed by atoms with Gasteiger partial charge in [0.1, 0.15) is 45.5 Å². The molecule has 0 aromatic heterocycles. The van der Waals surface area contributed by atoms with Crippen molar-refractivity contribution in [3.8, 4) is 0 Å². The molecule has 0 saturated heterocycles. The summed E-state index contributed by atoms with van der Waals surface area (Å²) >= 11 is 0. The van der Waals surface area contributed by atoms with E-state index in [9.17, 15) is 0 Å². The van der Waals surface area contributed by atoms with E-state index in [0.29, 0.717) is 0 Å². The van der Waals surface area contributed by atoms with Gasteiger partial charge in [0.2, 0.25) is 0 Å². The Morgan fingerprint density at radius 2 is 0.533 bits per heavy atom. The summed E-state index contributed by atoms with van der Waals surface area (Å²) in [7, 11) is 0. The molecule has 14 heteroatoms. The number of hydrogen-bond donors (Lipinski definition) is 8. The maximum Gasteiger partial charge on any atom is 0.132 e. The zero-order valence-corrected chi connectivity index (χ0v) is 20.5. The van der Waals surface area contributed by atoms with Crippen molar-refractivity contribution in [1.82, 2.24) is 0 Å². The number of nitrogens with zero attached hydrogens (tertiary/aromatic N) is 4. The normalized spacial score (nSPS) is 12.3. The van der Waals surface area contributed by atoms with Crippen LogP contribution in [0.1, 0.15) is 55.4 Å². The van der Waals surface area contributed by atoms with Crippen molar-refractivity contribution in [1.29, 1.82) is 21.6 Å². The first-order valence-electron chi connectivity index (χ1n) is 8.45. The highest BCUT2D eigenvalue weighted by molar-refractivity contribution is 5.88. The van der Waals surface area contributed by atoms with Crippen LogP contribution in [-0.2, 0) is 0 Å². The highest BCUT2D eigenvalue weighted by atomic mass is 35.5. The van der Waals surface area contributed by atoms with Crippen LogP contribution in [-0.4, -0.2) is 45.5 Å². The lowest BCUT2D eigenvalue weighted by molar-refractivity contribution is 0.557. The summed E-state index contributed by atoms with van der Waals surface area (Å²) in [5, 5.41) is 44.6. The number of amidine groups is 4. The Bertz CT molecular complexity index is 564. The van der Waals surface area contributed by atoms with Crippen LogP contribution in [0.3, 0.4) is 0 Å². The van der Waals surface area contributed by atoms with Crippen LogP contribution in [0, 0.1) is 21.6 Å². The molecule has 30 heavy (non-hydrogen) atoms. The summed E-state index contributed by atoms with van der Waals surface area (Å²) in [4.78, 5) is 0. The summed E-state index contributed by atoms with van der Waals surface area (Å²) in [6, 6.07) is 0. The van der Waals surface area contributed by atoms with E-state index in [1.54, 1.807) is 55.4 Å². The van der Waals surface area contributed by atoms with Crippen LogP contribution in [0.4, 0.5) is 0 Å². The number of hydrogen-bond acceptors (Lipinski definition) is 8. The number of nitrogens with two attached hydrogens (primary N) is 4. The van der Waals surface area contributed by atoms with Crippen LogP contribution in [0.5, 0.6) is 0 Å². The first-order valence-corrected chi connectivity index (χ1v) is 8.45. The zero-order chi connectivity index (χ0) is 23.1. The number of rotatable bonds is 8. The van der Waals surface area contributed by atoms with Crippen molar-refractivity contribution < 1.29 is 0 Å². The SMILES string of the molecule is CC(C)(N=NC(C)(C)C(=N)N)C(=N)N.CC(C)(N=NC(C)(C)C(=N)N)C(=N)N.Cl.Cl. The monoisotopic (exact) mass is 468 g/mol. The van der Waals surface area contributed by atoms with E-state index < -0.39 is 22.2 Å². The van der Waals surface area contributed by atoms with E-state index in [2.05, 4.69) is 20.5 Å². The fraction of sp³-hybridized carbons (Fsp3) is 0.750. The summed E-state index contributed by atoms with van der Waals surface area (Å²) in [5.74, 6) is -0.276. The largest absolute Gasteiger partial charge is 0.386 e. The lowest BCUT2D eigenvalue weighted by Crippen LogP contribution is -2.38. The van der Waals surface area contributed by atoms with Gasteiger partial charge in [0.05, 0.1) is 0 Å². The molecule has 0 aliphatic carbocycles. The van der Waals surface area contributed by atoms with Gasteiger partial charge in [-0.15, -0.1) is 24.8 Å². The fourth-order valence-electron chi connectivity index (χ4n) is 0.715. The van der Waals surface area contributed by atoms with E-state index in [1.165, 1.54) is 0 Å². The molecule has 0 bridgehead atoms. The molecule has 0 aliphatic heterocycles. The summed E-state index contributed by atoms with van der Waals surface area (Å²) in [6.07, 6.45) is 0. The third-order valence-corrected chi connectivity index (χ3v) is 3.74. The van der Waals surface area contributed by atoms with Crippen LogP contribution in [0.2, 0.25) is 0 Å². The van der Waals surface area contributed by atoms with Gasteiger partial charge in [0, 0.05) is 0 Å². The third kappa shape index (κ3) is 12.3. The first kappa shape index (κ1) is 35.1. The molecule has 0 aliphatic rings. The highest BCUT2D eigenvalue weighted by Crippen LogP contribution is 2.16. The molecular weight excluding hydrogens is 431 g/mol. The Kier molecular flexibility index (Phi) is 14.5. The summed E-state index contributed by atoms with van der Waals surface area (Å²) in [5.41, 5.74) is 17.9. The zero-order valence-electron chi connectivity index (χ0n) is 18.9. The molecule has 0 aromatic rings. The second-order valence-corrected chi connectivity index (χ2v) is 8.29. The van der Waals surface area contributed by atoms with Crippen molar-refractivity contribution in [2.24, 2.45) is 43.4 Å². The summed E-state index contributed by atoms with van der Waals surface area (Å²) < 4.78 is 0. The molecule has 0 atom stereocenters. The van der Waals surface area contributed by atoms with Crippen LogP contribution in [0.15, 0.2) is 20.5 Å². The number of azo groups is 2. The van der Waals surface area contributed by atoms with Gasteiger partial charge in [-0.3, -0.25) is 21.6 Å². The predicted molar refractivity (Wildman–Crippen MR) is 128 cm³/mol. The van der Waals surface area contributed by atoms with Gasteiger partial charge >= 0.3 is 0 Å². The molecule has 0 rings (SSSR count). The quantitative estimate of drug-likeness (QED) is 0.151. The maximum atomic E-state index is 7.25. The molecule has 0 saturated carbocycles. The van der Waals surface area contributed by atoms with Crippen LogP contribution >= 0.6 is 24.8 Å². The van der Waals surface area contributed by atoms with E-state index in [4.69, 9.17) is 44.6 Å². The Morgan fingerprint density at radius 1 is 0.433 bits per heavy atom. The molecule has 0 spiro atoms. The smallest absolute Gasteiger partial charge is 0.132 e. The number of halogens is 2. The predicted octanol–water partition coefficient (Wildman–Crippen LogP) is 2.58. The van der Waals surface area contributed by atoms with E-state index >= 15 is 0 Å². The van der Waals surface area contributed by atoms with Crippen molar-refractivity contribution in [3.05, 3.63) is 0 Å². The molecule has 0 unspecified atom stereocenters. The van der Waals surface area contributed by atoms with E-state index in [-0.39, 0.29) is 48.2 Å². The molecule has 0 radical (unpaired) electrons. The molecule has 12 nitrogen and oxygen atoms in total. The van der Waals surface area contributed by atoms with Crippen molar-refractivity contribution in [2.75, 3.05) is 0 Å². The van der Waals surface area contributed by atoms with Crippen LogP contribution < -0.4 is 22.9 Å². The van der Waals surface area contributed by atoms with Gasteiger partial charge < -0.3 is 22.9 Å². The standard InChI is InChI=1S/2C8H18N6.2ClH/c2*1-7(2,5(9)10)13-14-8(3,4)6(11)12;;/h2*1-4H3,(H3,9,10)(H3,11,12);2*1H. The number of nitrogens with one attached hydrogen (secondary N) is 4. The van der Waals surface area contributed by atoms with Crippen molar-refractivity contribution in [3.63, 3.8) is 0 Å². The Morgan fingerprint density at radius 3 is 0.600 bits per heavy atom. The minimum atomic E-state index is -0.841. The van der Waals surface area contributed by atoms with Gasteiger partial charge in [0.15, 0.2) is 0 Å². The van der Waals surface area contributed by atoms with Gasteiger partial charge in [-0.1, -0.05) is 0 Å². The van der Waals surface area contributed by atoms with Gasteiger partial charge in [-0.05, 0) is 55.4 Å². The Balaban J connectivity index is -0.000000211. The Labute approximate surface area is 191 Å². The average Bonchev–Trinajstić information content (AvgIpc) is 2.51. The molecule has 0 fully saturated rings. The second-order valence-electron chi connectivity index (χ2n) is 8.29. The van der Waals surface area contributed by atoms with E-state index in [1.807, 2.05) is 0 Å². The topological polar surface area (TPSA) is 249 Å². The first-order chi connectivity index (χ1) is 12.2. The second kappa shape index (κ2) is 12.4. The lowest BCUT2D eigenvalue weighted by Gasteiger charge is -2.20. The molecular formula is C16H38Cl2N12. The van der Waals surface area contributed by atoms with Crippen molar-refractivity contribution >= 4 is 48.2 Å². The molecule has 0 heterocycles. The van der Waals surface area contributed by atoms with Gasteiger partial charge in [-0.2, -0.15) is 20.5 Å². The van der Waals surface area contributed by atoms with E-state index in [0.717, 1.165) is 0 Å². The molecule has 0 aromatic carbocycles. The van der Waals surface area contributed by atoms with Crippen molar-refractivity contribution in [2.45, 2.75) is 77.5 Å². The summed E-state index contributed by atoms with van der Waals surface area (Å²) in [6.45, 7) is 13.4. The van der Waals surface area contributed by atoms with Gasteiger partial charge in [-0.25, -0.2) is 0 Å². The fourth-order valence-corrected chi connectivity index (χ4v) is 0.715. The van der Waals surface area contributed by atoms with Gasteiger partial charge in [0.25, 0.3) is 0 Å². The minimum Gasteiger partial charge on any atom is -0.386 e. The molecule has 12 N–H and O–H groups in total. The maximum absolute atomic E-state index is 7.25. The highest BCUT2D eigenvalue weighted by Gasteiger charge is 2.26. The molecule has 0 amide bonds. The third-order valence-electron chi connectivity index (χ3n) is 3.74.